The van der Waals surface area contributed by atoms with Crippen molar-refractivity contribution in [3.8, 4) is 0 Å². The van der Waals surface area contributed by atoms with Gasteiger partial charge in [-0.1, -0.05) is 12.1 Å². The number of hydrogen-bond donors (Lipinski definition) is 2. The lowest BCUT2D eigenvalue weighted by Crippen LogP contribution is -2.27. The van der Waals surface area contributed by atoms with Crippen molar-refractivity contribution < 1.29 is 9.53 Å². The van der Waals surface area contributed by atoms with Crippen molar-refractivity contribution in [3.05, 3.63) is 23.8 Å². The third kappa shape index (κ3) is 3.77. The molecule has 1 rings (SSSR count). The maximum Gasteiger partial charge on any atom is 0.412 e. The Kier molecular flexibility index (Phi) is 3.86. The lowest BCUT2D eigenvalue weighted by molar-refractivity contribution is 0.0635. The summed E-state index contributed by atoms with van der Waals surface area (Å²) < 4.78 is 5.15. The van der Waals surface area contributed by atoms with Gasteiger partial charge in [0.15, 0.2) is 0 Å². The summed E-state index contributed by atoms with van der Waals surface area (Å²) in [5.41, 5.74) is 1.18. The van der Waals surface area contributed by atoms with Gasteiger partial charge in [-0.2, -0.15) is 0 Å². The van der Waals surface area contributed by atoms with E-state index < -0.39 is 11.7 Å². The van der Waals surface area contributed by atoms with Gasteiger partial charge in [0.25, 0.3) is 0 Å². The maximum atomic E-state index is 11.5. The summed E-state index contributed by atoms with van der Waals surface area (Å²) in [6.45, 7) is 7.40. The van der Waals surface area contributed by atoms with E-state index in [9.17, 15) is 4.79 Å². The van der Waals surface area contributed by atoms with E-state index in [0.717, 1.165) is 10.5 Å². The highest BCUT2D eigenvalue weighted by Gasteiger charge is 2.16. The molecule has 0 saturated carbocycles. The van der Waals surface area contributed by atoms with Crippen LogP contribution in [0.2, 0.25) is 0 Å². The van der Waals surface area contributed by atoms with Crippen LogP contribution < -0.4 is 5.32 Å². The van der Waals surface area contributed by atoms with E-state index in [0.29, 0.717) is 5.69 Å². The predicted molar refractivity (Wildman–Crippen MR) is 68.3 cm³/mol. The number of nitrogens with one attached hydrogen (secondary N) is 1. The minimum Gasteiger partial charge on any atom is -0.444 e. The van der Waals surface area contributed by atoms with Crippen molar-refractivity contribution in [1.82, 2.24) is 0 Å². The molecule has 1 N–H and O–H groups in total. The Morgan fingerprint density at radius 3 is 2.56 bits per heavy atom. The summed E-state index contributed by atoms with van der Waals surface area (Å²) in [5, 5.41) is 2.67. The summed E-state index contributed by atoms with van der Waals surface area (Å²) in [6, 6.07) is 5.59. The minimum absolute atomic E-state index is 0.464. The number of benzene rings is 1. The Hall–Kier alpha value is -1.16. The second kappa shape index (κ2) is 4.78. The van der Waals surface area contributed by atoms with Crippen LogP contribution in [0.25, 0.3) is 0 Å². The second-order valence-electron chi connectivity index (χ2n) is 4.60. The van der Waals surface area contributed by atoms with Crippen LogP contribution in [-0.2, 0) is 4.74 Å². The second-order valence-corrected chi connectivity index (χ2v) is 5.05. The Morgan fingerprint density at radius 2 is 2.00 bits per heavy atom. The number of carbonyl (C=O) groups excluding carboxylic acids is 1. The third-order valence-corrected chi connectivity index (χ3v) is 2.47. The Morgan fingerprint density at radius 1 is 1.38 bits per heavy atom. The highest BCUT2D eigenvalue weighted by Crippen LogP contribution is 2.23. The molecule has 88 valence electrons. The van der Waals surface area contributed by atoms with Gasteiger partial charge in [0.1, 0.15) is 5.60 Å². The van der Waals surface area contributed by atoms with Crippen molar-refractivity contribution in [2.24, 2.45) is 0 Å². The minimum atomic E-state index is -0.495. The first-order chi connectivity index (χ1) is 7.29. The fraction of sp³-hybridized carbons (Fsp3) is 0.417. The first-order valence-electron chi connectivity index (χ1n) is 5.08. The first-order valence-corrected chi connectivity index (χ1v) is 5.53. The summed E-state index contributed by atoms with van der Waals surface area (Å²) in [5.74, 6) is 0. The van der Waals surface area contributed by atoms with Crippen LogP contribution in [-0.4, -0.2) is 11.7 Å². The van der Waals surface area contributed by atoms with Crippen molar-refractivity contribution in [2.75, 3.05) is 5.32 Å². The van der Waals surface area contributed by atoms with E-state index in [-0.39, 0.29) is 0 Å². The van der Waals surface area contributed by atoms with Crippen LogP contribution in [0.4, 0.5) is 10.5 Å². The standard InChI is InChI=1S/C12H17NO2S/c1-8-6-5-7-9(10(8)16)13-11(14)15-12(2,3)4/h5-7,16H,1-4H3,(H,13,14). The summed E-state index contributed by atoms with van der Waals surface area (Å²) >= 11 is 4.33. The Bertz CT molecular complexity index is 396. The molecule has 0 aliphatic rings. The zero-order valence-electron chi connectivity index (χ0n) is 10.00. The number of aryl methyl sites for hydroxylation is 1. The van der Waals surface area contributed by atoms with Crippen LogP contribution >= 0.6 is 12.6 Å². The number of thiol groups is 1. The summed E-state index contributed by atoms with van der Waals surface area (Å²) in [4.78, 5) is 12.3. The van der Waals surface area contributed by atoms with E-state index in [1.807, 2.05) is 39.8 Å². The molecule has 4 heteroatoms. The molecular formula is C12H17NO2S. The molecule has 0 unspecified atom stereocenters. The number of ether oxygens (including phenoxy) is 1. The molecule has 3 nitrogen and oxygen atoms in total. The van der Waals surface area contributed by atoms with Gasteiger partial charge in [-0.3, -0.25) is 5.32 Å². The van der Waals surface area contributed by atoms with Crippen molar-refractivity contribution in [1.29, 1.82) is 0 Å². The summed E-state index contributed by atoms with van der Waals surface area (Å²) in [6.07, 6.45) is -0.464. The van der Waals surface area contributed by atoms with Crippen LogP contribution in [0, 0.1) is 6.92 Å². The van der Waals surface area contributed by atoms with Gasteiger partial charge in [0, 0.05) is 4.90 Å². The van der Waals surface area contributed by atoms with Gasteiger partial charge in [-0.25, -0.2) is 4.79 Å². The lowest BCUT2D eigenvalue weighted by Gasteiger charge is -2.20. The molecule has 0 aliphatic carbocycles. The number of carbonyl (C=O) groups is 1. The van der Waals surface area contributed by atoms with Crippen molar-refractivity contribution in [2.45, 2.75) is 38.2 Å². The van der Waals surface area contributed by atoms with E-state index >= 15 is 0 Å². The monoisotopic (exact) mass is 239 g/mol. The molecule has 0 radical (unpaired) electrons. The molecule has 1 aromatic carbocycles. The van der Waals surface area contributed by atoms with Crippen LogP contribution in [0.1, 0.15) is 26.3 Å². The van der Waals surface area contributed by atoms with Gasteiger partial charge in [-0.15, -0.1) is 12.6 Å². The first kappa shape index (κ1) is 12.9. The number of amides is 1. The highest BCUT2D eigenvalue weighted by molar-refractivity contribution is 7.80. The van der Waals surface area contributed by atoms with Crippen LogP contribution in [0.3, 0.4) is 0 Å². The molecular weight excluding hydrogens is 222 g/mol. The Balaban J connectivity index is 2.74. The zero-order chi connectivity index (χ0) is 12.3. The normalized spacial score (nSPS) is 11.1. The molecule has 0 spiro atoms. The molecule has 1 aromatic rings. The van der Waals surface area contributed by atoms with E-state index in [1.165, 1.54) is 0 Å². The molecule has 0 aromatic heterocycles. The topological polar surface area (TPSA) is 38.3 Å². The quantitative estimate of drug-likeness (QED) is 0.734. The van der Waals surface area contributed by atoms with E-state index in [1.54, 1.807) is 6.07 Å². The average molecular weight is 239 g/mol. The fourth-order valence-corrected chi connectivity index (χ4v) is 1.38. The molecule has 0 aliphatic heterocycles. The van der Waals surface area contributed by atoms with Crippen LogP contribution in [0.15, 0.2) is 23.1 Å². The van der Waals surface area contributed by atoms with Gasteiger partial charge in [0.2, 0.25) is 0 Å². The van der Waals surface area contributed by atoms with E-state index in [4.69, 9.17) is 4.74 Å². The van der Waals surface area contributed by atoms with Gasteiger partial charge >= 0.3 is 6.09 Å². The van der Waals surface area contributed by atoms with Gasteiger partial charge in [-0.05, 0) is 39.3 Å². The van der Waals surface area contributed by atoms with E-state index in [2.05, 4.69) is 17.9 Å². The molecule has 0 bridgehead atoms. The van der Waals surface area contributed by atoms with Crippen LogP contribution in [0.5, 0.6) is 0 Å². The van der Waals surface area contributed by atoms with Gasteiger partial charge in [0.05, 0.1) is 5.69 Å². The largest absolute Gasteiger partial charge is 0.444 e. The molecule has 0 atom stereocenters. The average Bonchev–Trinajstić information content (AvgIpc) is 2.09. The lowest BCUT2D eigenvalue weighted by atomic mass is 10.2. The number of anilines is 1. The third-order valence-electron chi connectivity index (χ3n) is 1.87. The molecule has 0 heterocycles. The number of rotatable bonds is 1. The van der Waals surface area contributed by atoms with Gasteiger partial charge < -0.3 is 4.74 Å². The molecule has 0 fully saturated rings. The molecule has 1 amide bonds. The molecule has 16 heavy (non-hydrogen) atoms. The molecule has 0 saturated heterocycles. The SMILES string of the molecule is Cc1cccc(NC(=O)OC(C)(C)C)c1S. The smallest absolute Gasteiger partial charge is 0.412 e. The Labute approximate surface area is 102 Å². The zero-order valence-corrected chi connectivity index (χ0v) is 10.9. The maximum absolute atomic E-state index is 11.5. The predicted octanol–water partition coefficient (Wildman–Crippen LogP) is 3.63. The highest BCUT2D eigenvalue weighted by atomic mass is 32.1. The summed E-state index contributed by atoms with van der Waals surface area (Å²) in [7, 11) is 0. The van der Waals surface area contributed by atoms with Crippen molar-refractivity contribution in [3.63, 3.8) is 0 Å². The van der Waals surface area contributed by atoms with Crippen molar-refractivity contribution >= 4 is 24.4 Å². The number of hydrogen-bond acceptors (Lipinski definition) is 3. The fourth-order valence-electron chi connectivity index (χ4n) is 1.17.